The molecule has 3 rings (SSSR count). The first-order chi connectivity index (χ1) is 11.1. The van der Waals surface area contributed by atoms with Crippen molar-refractivity contribution in [1.29, 1.82) is 0 Å². The molecule has 0 spiro atoms. The second-order valence-electron chi connectivity index (χ2n) is 5.27. The quantitative estimate of drug-likeness (QED) is 0.778. The second-order valence-corrected chi connectivity index (χ2v) is 6.84. The fraction of sp³-hybridized carbons (Fsp3) is 0.312. The van der Waals surface area contributed by atoms with Gasteiger partial charge in [0.15, 0.2) is 5.16 Å². The number of para-hydroxylation sites is 1. The third-order valence-corrected chi connectivity index (χ3v) is 5.32. The number of aryl methyl sites for hydroxylation is 1. The Labute approximate surface area is 144 Å². The molecule has 1 saturated heterocycles. The predicted octanol–water partition coefficient (Wildman–Crippen LogP) is 3.32. The number of carbonyl (C=O) groups excluding carboxylic acids is 1. The maximum absolute atomic E-state index is 12.7. The summed E-state index contributed by atoms with van der Waals surface area (Å²) in [5.41, 5.74) is 0.769. The summed E-state index contributed by atoms with van der Waals surface area (Å²) in [6.45, 7) is 6.94. The Morgan fingerprint density at radius 3 is 2.96 bits per heavy atom. The van der Waals surface area contributed by atoms with Crippen LogP contribution >= 0.6 is 23.4 Å². The summed E-state index contributed by atoms with van der Waals surface area (Å²) < 4.78 is 1.96. The van der Waals surface area contributed by atoms with Crippen molar-refractivity contribution in [3.05, 3.63) is 47.8 Å². The van der Waals surface area contributed by atoms with Crippen molar-refractivity contribution < 1.29 is 4.79 Å². The third kappa shape index (κ3) is 3.14. The molecule has 2 aromatic rings. The Bertz CT molecular complexity index is 745. The molecule has 1 unspecified atom stereocenters. The van der Waals surface area contributed by atoms with Gasteiger partial charge in [-0.3, -0.25) is 4.79 Å². The number of carbonyl (C=O) groups is 1. The van der Waals surface area contributed by atoms with Gasteiger partial charge in [0.2, 0.25) is 5.91 Å². The highest BCUT2D eigenvalue weighted by Crippen LogP contribution is 2.35. The average molecular weight is 349 g/mol. The monoisotopic (exact) mass is 348 g/mol. The molecular formula is C16H17ClN4OS. The summed E-state index contributed by atoms with van der Waals surface area (Å²) in [6, 6.07) is 7.42. The summed E-state index contributed by atoms with van der Waals surface area (Å²) >= 11 is 7.67. The van der Waals surface area contributed by atoms with E-state index in [-0.39, 0.29) is 11.2 Å². The lowest BCUT2D eigenvalue weighted by Crippen LogP contribution is -2.28. The molecule has 1 aromatic carbocycles. The molecule has 2 heterocycles. The standard InChI is InChI=1S/C16H17ClN4OS/c1-3-9-20-11(2)18-19-16(20)23-14-8-10-21(15(14)22)13-7-5-4-6-12(13)17/h3-7,14H,1,8-10H2,2H3. The van der Waals surface area contributed by atoms with E-state index >= 15 is 0 Å². The third-order valence-electron chi connectivity index (χ3n) is 3.76. The highest BCUT2D eigenvalue weighted by atomic mass is 35.5. The lowest BCUT2D eigenvalue weighted by atomic mass is 10.3. The van der Waals surface area contributed by atoms with Gasteiger partial charge in [0.25, 0.3) is 0 Å². The van der Waals surface area contributed by atoms with Gasteiger partial charge in [-0.05, 0) is 25.5 Å². The Balaban J connectivity index is 1.78. The number of allylic oxidation sites excluding steroid dienone is 1. The van der Waals surface area contributed by atoms with Crippen LogP contribution in [-0.4, -0.2) is 32.5 Å². The zero-order valence-electron chi connectivity index (χ0n) is 12.8. The van der Waals surface area contributed by atoms with Crippen molar-refractivity contribution in [2.75, 3.05) is 11.4 Å². The molecule has 120 valence electrons. The van der Waals surface area contributed by atoms with Crippen LogP contribution in [0.5, 0.6) is 0 Å². The zero-order chi connectivity index (χ0) is 16.4. The number of thioether (sulfide) groups is 1. The van der Waals surface area contributed by atoms with E-state index in [0.717, 1.165) is 23.1 Å². The molecular weight excluding hydrogens is 332 g/mol. The molecule has 1 amide bonds. The maximum Gasteiger partial charge on any atom is 0.240 e. The van der Waals surface area contributed by atoms with Crippen molar-refractivity contribution in [3.8, 4) is 0 Å². The number of hydrogen-bond acceptors (Lipinski definition) is 4. The molecule has 7 heteroatoms. The van der Waals surface area contributed by atoms with Crippen molar-refractivity contribution in [3.63, 3.8) is 0 Å². The fourth-order valence-corrected chi connectivity index (χ4v) is 3.95. The number of aromatic nitrogens is 3. The first-order valence-electron chi connectivity index (χ1n) is 7.35. The van der Waals surface area contributed by atoms with Crippen LogP contribution in [0.4, 0.5) is 5.69 Å². The van der Waals surface area contributed by atoms with Gasteiger partial charge in [-0.1, -0.05) is 41.6 Å². The van der Waals surface area contributed by atoms with Gasteiger partial charge >= 0.3 is 0 Å². The Morgan fingerprint density at radius 2 is 2.22 bits per heavy atom. The van der Waals surface area contributed by atoms with Crippen LogP contribution in [0.1, 0.15) is 12.2 Å². The Hall–Kier alpha value is -1.79. The van der Waals surface area contributed by atoms with Gasteiger partial charge in [-0.15, -0.1) is 16.8 Å². The van der Waals surface area contributed by atoms with E-state index in [9.17, 15) is 4.79 Å². The highest BCUT2D eigenvalue weighted by molar-refractivity contribution is 8.00. The van der Waals surface area contributed by atoms with Crippen LogP contribution < -0.4 is 4.90 Å². The Morgan fingerprint density at radius 1 is 1.43 bits per heavy atom. The number of halogens is 1. The lowest BCUT2D eigenvalue weighted by molar-refractivity contribution is -0.116. The average Bonchev–Trinajstić information content (AvgIpc) is 3.06. The maximum atomic E-state index is 12.7. The minimum absolute atomic E-state index is 0.0638. The molecule has 0 N–H and O–H groups in total. The number of anilines is 1. The van der Waals surface area contributed by atoms with E-state index in [1.165, 1.54) is 11.8 Å². The van der Waals surface area contributed by atoms with E-state index in [2.05, 4.69) is 16.8 Å². The van der Waals surface area contributed by atoms with E-state index in [4.69, 9.17) is 11.6 Å². The molecule has 0 bridgehead atoms. The minimum Gasteiger partial charge on any atom is -0.310 e. The normalized spacial score (nSPS) is 17.7. The van der Waals surface area contributed by atoms with E-state index < -0.39 is 0 Å². The molecule has 1 aliphatic rings. The summed E-state index contributed by atoms with van der Waals surface area (Å²) in [6.07, 6.45) is 2.56. The topological polar surface area (TPSA) is 51.0 Å². The molecule has 23 heavy (non-hydrogen) atoms. The summed E-state index contributed by atoms with van der Waals surface area (Å²) in [5, 5.41) is 9.45. The second kappa shape index (κ2) is 6.76. The predicted molar refractivity (Wildman–Crippen MR) is 93.0 cm³/mol. The van der Waals surface area contributed by atoms with E-state index in [0.29, 0.717) is 18.1 Å². The molecule has 1 fully saturated rings. The van der Waals surface area contributed by atoms with E-state index in [1.54, 1.807) is 17.0 Å². The molecule has 1 aromatic heterocycles. The summed E-state index contributed by atoms with van der Waals surface area (Å²) in [5.74, 6) is 0.884. The van der Waals surface area contributed by atoms with Gasteiger partial charge in [-0.2, -0.15) is 0 Å². The van der Waals surface area contributed by atoms with Crippen molar-refractivity contribution in [1.82, 2.24) is 14.8 Å². The van der Waals surface area contributed by atoms with Crippen LogP contribution in [0.3, 0.4) is 0 Å². The van der Waals surface area contributed by atoms with Gasteiger partial charge in [0.1, 0.15) is 5.82 Å². The van der Waals surface area contributed by atoms with Crippen molar-refractivity contribution in [2.45, 2.75) is 30.3 Å². The molecule has 1 aliphatic heterocycles. The lowest BCUT2D eigenvalue weighted by Gasteiger charge is -2.18. The van der Waals surface area contributed by atoms with Crippen LogP contribution in [0.25, 0.3) is 0 Å². The van der Waals surface area contributed by atoms with E-state index in [1.807, 2.05) is 29.7 Å². The number of rotatable bonds is 5. The number of benzene rings is 1. The highest BCUT2D eigenvalue weighted by Gasteiger charge is 2.35. The van der Waals surface area contributed by atoms with Crippen molar-refractivity contribution in [2.24, 2.45) is 0 Å². The molecule has 0 aliphatic carbocycles. The van der Waals surface area contributed by atoms with Gasteiger partial charge in [0.05, 0.1) is 16.0 Å². The molecule has 1 atom stereocenters. The summed E-state index contributed by atoms with van der Waals surface area (Å²) in [4.78, 5) is 14.5. The largest absolute Gasteiger partial charge is 0.310 e. The van der Waals surface area contributed by atoms with Gasteiger partial charge < -0.3 is 9.47 Å². The summed E-state index contributed by atoms with van der Waals surface area (Å²) in [7, 11) is 0. The molecule has 0 saturated carbocycles. The number of amides is 1. The first-order valence-corrected chi connectivity index (χ1v) is 8.61. The Kier molecular flexibility index (Phi) is 4.73. The minimum atomic E-state index is -0.168. The first kappa shape index (κ1) is 16.1. The van der Waals surface area contributed by atoms with Crippen molar-refractivity contribution >= 4 is 35.0 Å². The SMILES string of the molecule is C=CCn1c(C)nnc1SC1CCN(c2ccccc2Cl)C1=O. The molecule has 0 radical (unpaired) electrons. The van der Waals surface area contributed by atoms with Crippen LogP contribution in [-0.2, 0) is 11.3 Å². The molecule has 5 nitrogen and oxygen atoms in total. The van der Waals surface area contributed by atoms with Crippen LogP contribution in [0.15, 0.2) is 42.1 Å². The van der Waals surface area contributed by atoms with Gasteiger partial charge in [-0.25, -0.2) is 0 Å². The van der Waals surface area contributed by atoms with Gasteiger partial charge in [0, 0.05) is 13.1 Å². The smallest absolute Gasteiger partial charge is 0.240 e. The number of hydrogen-bond donors (Lipinski definition) is 0. The fourth-order valence-electron chi connectivity index (χ4n) is 2.59. The number of nitrogens with zero attached hydrogens (tertiary/aromatic N) is 4. The zero-order valence-corrected chi connectivity index (χ0v) is 14.3. The van der Waals surface area contributed by atoms with Crippen LogP contribution in [0.2, 0.25) is 5.02 Å². The van der Waals surface area contributed by atoms with Crippen LogP contribution in [0, 0.1) is 6.92 Å².